The summed E-state index contributed by atoms with van der Waals surface area (Å²) in [5.41, 5.74) is 5.51. The van der Waals surface area contributed by atoms with Crippen LogP contribution >= 0.6 is 0 Å². The van der Waals surface area contributed by atoms with Gasteiger partial charge in [0, 0.05) is 0 Å². The zero-order chi connectivity index (χ0) is 14.2. The molecule has 0 bridgehead atoms. The molecule has 0 aromatic heterocycles. The average molecular weight is 494 g/mol. The summed E-state index contributed by atoms with van der Waals surface area (Å²) in [5.74, 6) is 0. The van der Waals surface area contributed by atoms with Gasteiger partial charge in [-0.15, -0.1) is 12.0 Å². The van der Waals surface area contributed by atoms with Crippen LogP contribution in [0.25, 0.3) is 11.1 Å². The third-order valence-corrected chi connectivity index (χ3v) is 3.20. The van der Waals surface area contributed by atoms with E-state index in [0.29, 0.717) is 0 Å². The van der Waals surface area contributed by atoms with Gasteiger partial charge in [-0.2, -0.15) is 35.9 Å². The number of rotatable bonds is 0. The molecule has 0 unspecified atom stereocenters. The van der Waals surface area contributed by atoms with Crippen LogP contribution in [-0.2, 0) is 30.3 Å². The van der Waals surface area contributed by atoms with Crippen molar-refractivity contribution in [3.8, 4) is 11.1 Å². The van der Waals surface area contributed by atoms with Crippen LogP contribution in [0, 0.1) is 12.1 Å². The Morgan fingerprint density at radius 2 is 1.68 bits per heavy atom. The molecule has 0 spiro atoms. The van der Waals surface area contributed by atoms with Crippen LogP contribution in [0.3, 0.4) is 0 Å². The van der Waals surface area contributed by atoms with Crippen molar-refractivity contribution in [1.82, 2.24) is 0 Å². The SMILES string of the molecule is [C-]1=CC=CC1.[CH2]=[Hf+2].[Cl-].[Cl-].[c-]1cccc2c1Cc1ccccc1-2. The van der Waals surface area contributed by atoms with E-state index >= 15 is 0 Å². The number of fused-ring (bicyclic) bond motifs is 3. The van der Waals surface area contributed by atoms with E-state index < -0.39 is 0 Å². The molecule has 0 radical (unpaired) electrons. The van der Waals surface area contributed by atoms with Crippen LogP contribution < -0.4 is 24.8 Å². The van der Waals surface area contributed by atoms with E-state index in [1.165, 1.54) is 22.3 Å². The van der Waals surface area contributed by atoms with E-state index in [2.05, 4.69) is 58.9 Å². The summed E-state index contributed by atoms with van der Waals surface area (Å²) >= 11 is 1.06. The summed E-state index contributed by atoms with van der Waals surface area (Å²) in [4.78, 5) is 0. The van der Waals surface area contributed by atoms with Crippen molar-refractivity contribution < 1.29 is 48.7 Å². The minimum atomic E-state index is 0. The summed E-state index contributed by atoms with van der Waals surface area (Å²) in [7, 11) is 0. The van der Waals surface area contributed by atoms with E-state index in [1.807, 2.05) is 18.2 Å². The maximum absolute atomic E-state index is 3.39. The smallest absolute Gasteiger partial charge is 0.0253 e. The van der Waals surface area contributed by atoms with Gasteiger partial charge in [-0.25, -0.2) is 12.2 Å². The number of hydrogen-bond donors (Lipinski definition) is 0. The third-order valence-electron chi connectivity index (χ3n) is 3.20. The summed E-state index contributed by atoms with van der Waals surface area (Å²) in [5, 5.41) is 0. The topological polar surface area (TPSA) is 0 Å². The van der Waals surface area contributed by atoms with Gasteiger partial charge in [-0.3, -0.25) is 6.08 Å². The molecule has 0 atom stereocenters. The molecule has 112 valence electrons. The summed E-state index contributed by atoms with van der Waals surface area (Å²) < 4.78 is 3.39. The quantitative estimate of drug-likeness (QED) is 0.260. The fourth-order valence-electron chi connectivity index (χ4n) is 2.34. The van der Waals surface area contributed by atoms with Gasteiger partial charge < -0.3 is 24.8 Å². The first-order valence-corrected chi connectivity index (χ1v) is 9.14. The van der Waals surface area contributed by atoms with E-state index in [0.717, 1.165) is 36.7 Å². The molecule has 0 fully saturated rings. The van der Waals surface area contributed by atoms with Crippen molar-refractivity contribution in [1.29, 1.82) is 0 Å². The molecule has 22 heavy (non-hydrogen) atoms. The first-order chi connectivity index (χ1) is 9.95. The molecule has 0 amide bonds. The predicted molar refractivity (Wildman–Crippen MR) is 82.2 cm³/mol. The summed E-state index contributed by atoms with van der Waals surface area (Å²) in [6, 6.07) is 18.1. The second kappa shape index (κ2) is 11.8. The molecule has 2 aromatic carbocycles. The van der Waals surface area contributed by atoms with E-state index in [9.17, 15) is 0 Å². The van der Waals surface area contributed by atoms with Crippen molar-refractivity contribution in [3.05, 3.63) is 84.0 Å². The Labute approximate surface area is 160 Å². The maximum Gasteiger partial charge on any atom is -0.0253 e. The molecule has 0 nitrogen and oxygen atoms in total. The molecule has 0 saturated heterocycles. The van der Waals surface area contributed by atoms with E-state index in [1.54, 1.807) is 0 Å². The summed E-state index contributed by atoms with van der Waals surface area (Å²) in [6.07, 6.45) is 11.0. The van der Waals surface area contributed by atoms with E-state index in [-0.39, 0.29) is 24.8 Å². The Balaban J connectivity index is 0.000000422. The first-order valence-electron chi connectivity index (χ1n) is 6.60. The Morgan fingerprint density at radius 3 is 2.32 bits per heavy atom. The second-order valence-corrected chi connectivity index (χ2v) is 4.40. The molecule has 2 aliphatic rings. The van der Waals surface area contributed by atoms with Gasteiger partial charge in [0.2, 0.25) is 0 Å². The van der Waals surface area contributed by atoms with Crippen LogP contribution in [0.2, 0.25) is 0 Å². The van der Waals surface area contributed by atoms with Gasteiger partial charge in [-0.05, 0) is 6.42 Å². The molecule has 2 aromatic rings. The second-order valence-electron chi connectivity index (χ2n) is 4.40. The number of halogens is 2. The van der Waals surface area contributed by atoms with Gasteiger partial charge in [0.05, 0.1) is 0 Å². The van der Waals surface area contributed by atoms with Crippen LogP contribution in [0.15, 0.2) is 60.7 Å². The van der Waals surface area contributed by atoms with Crippen LogP contribution in [-0.4, -0.2) is 4.26 Å². The molecule has 0 heterocycles. The molecule has 2 aliphatic carbocycles. The van der Waals surface area contributed by atoms with Gasteiger partial charge in [0.15, 0.2) is 0 Å². The summed E-state index contributed by atoms with van der Waals surface area (Å²) in [6.45, 7) is 0. The van der Waals surface area contributed by atoms with Crippen LogP contribution in [0.5, 0.6) is 0 Å². The molecular weight excluding hydrogens is 478 g/mol. The van der Waals surface area contributed by atoms with Crippen molar-refractivity contribution in [3.63, 3.8) is 0 Å². The Morgan fingerprint density at radius 1 is 0.955 bits per heavy atom. The number of hydrogen-bond acceptors (Lipinski definition) is 0. The Kier molecular flexibility index (Phi) is 11.4. The number of allylic oxidation sites excluding steroid dienone is 4. The monoisotopic (exact) mass is 494 g/mol. The minimum Gasteiger partial charge on any atom is -1.00 e. The first kappa shape index (κ1) is 21.2. The zero-order valence-electron chi connectivity index (χ0n) is 12.2. The van der Waals surface area contributed by atoms with Gasteiger partial charge in [0.25, 0.3) is 0 Å². The van der Waals surface area contributed by atoms with Crippen molar-refractivity contribution in [2.45, 2.75) is 12.8 Å². The van der Waals surface area contributed by atoms with Gasteiger partial charge >= 0.3 is 28.2 Å². The van der Waals surface area contributed by atoms with Crippen LogP contribution in [0.1, 0.15) is 17.5 Å². The van der Waals surface area contributed by atoms with Crippen molar-refractivity contribution in [2.24, 2.45) is 0 Å². The van der Waals surface area contributed by atoms with Crippen molar-refractivity contribution >= 4 is 4.26 Å². The zero-order valence-corrected chi connectivity index (χ0v) is 17.3. The average Bonchev–Trinajstić information content (AvgIpc) is 3.20. The molecule has 4 rings (SSSR count). The standard InChI is InChI=1S/C13H9.C5H5.CH2.2ClH.Hf/c1-3-7-12-10(5-1)9-11-6-2-4-8-13(11)12;1-2-4-5-3-1;;;;/h1-5,7-8H,9H2;1-3H,4H2;1H2;2*1H;/q2*-1;;;;+2/p-2. The predicted octanol–water partition coefficient (Wildman–Crippen LogP) is -1.66. The molecule has 0 aliphatic heterocycles. The van der Waals surface area contributed by atoms with Crippen LogP contribution in [0.4, 0.5) is 0 Å². The molecular formula is C19H16Cl2Hf-2. The Hall–Kier alpha value is -0.760. The fraction of sp³-hybridized carbons (Fsp3) is 0.105. The molecule has 0 saturated carbocycles. The number of benzene rings is 2. The normalized spacial score (nSPS) is 11.5. The molecule has 0 N–H and O–H groups in total. The molecule has 3 heteroatoms. The van der Waals surface area contributed by atoms with Gasteiger partial charge in [-0.1, -0.05) is 35.4 Å². The minimum absolute atomic E-state index is 0. The fourth-order valence-corrected chi connectivity index (χ4v) is 2.34. The third kappa shape index (κ3) is 5.46. The van der Waals surface area contributed by atoms with Gasteiger partial charge in [0.1, 0.15) is 0 Å². The Bertz CT molecular complexity index is 579. The largest absolute Gasteiger partial charge is 1.00 e. The van der Waals surface area contributed by atoms with E-state index in [4.69, 9.17) is 0 Å². The van der Waals surface area contributed by atoms with Crippen molar-refractivity contribution in [2.75, 3.05) is 0 Å². The maximum atomic E-state index is 3.39.